The Balaban J connectivity index is 1.31. The van der Waals surface area contributed by atoms with E-state index in [1.807, 2.05) is 0 Å². The van der Waals surface area contributed by atoms with E-state index in [9.17, 15) is 17.6 Å². The number of benzene rings is 2. The standard InChI is InChI=1S/C29H35F5O/c1-2-19-3-8-21(9-4-19)22-10-5-20(6-11-22)7-16-25-26(30)17-18-27(28(25)31)35-24-14-12-23(13-15-24)29(32,33)34/h12-15,17-22H,2-11,16H2,1H3. The SMILES string of the molecule is CCC1CCC(C2CCC(CCc3c(F)ccc(Oc4ccc(C(F)(F)F)cc4)c3F)CC2)CC1. The Morgan fingerprint density at radius 1 is 0.771 bits per heavy atom. The lowest BCUT2D eigenvalue weighted by atomic mass is 9.68. The molecule has 2 aromatic rings. The number of ether oxygens (including phenoxy) is 1. The average molecular weight is 495 g/mol. The maximum atomic E-state index is 15.1. The smallest absolute Gasteiger partial charge is 0.416 e. The third-order valence-corrected chi connectivity index (χ3v) is 8.39. The van der Waals surface area contributed by atoms with Crippen molar-refractivity contribution >= 4 is 0 Å². The first-order valence-corrected chi connectivity index (χ1v) is 13.1. The molecule has 0 amide bonds. The summed E-state index contributed by atoms with van der Waals surface area (Å²) >= 11 is 0. The Morgan fingerprint density at radius 2 is 1.34 bits per heavy atom. The summed E-state index contributed by atoms with van der Waals surface area (Å²) in [7, 11) is 0. The summed E-state index contributed by atoms with van der Waals surface area (Å²) in [5, 5.41) is 0. The third kappa shape index (κ3) is 6.56. The average Bonchev–Trinajstić information content (AvgIpc) is 2.86. The van der Waals surface area contributed by atoms with E-state index in [4.69, 9.17) is 4.74 Å². The second-order valence-electron chi connectivity index (χ2n) is 10.5. The predicted octanol–water partition coefficient (Wildman–Crippen LogP) is 9.73. The van der Waals surface area contributed by atoms with Crippen molar-refractivity contribution in [3.8, 4) is 11.5 Å². The Bertz CT molecular complexity index is 952. The highest BCUT2D eigenvalue weighted by Crippen LogP contribution is 2.43. The first-order chi connectivity index (χ1) is 16.7. The van der Waals surface area contributed by atoms with Gasteiger partial charge in [-0.3, -0.25) is 0 Å². The minimum atomic E-state index is -4.46. The summed E-state index contributed by atoms with van der Waals surface area (Å²) in [6.07, 6.45) is 7.96. The lowest BCUT2D eigenvalue weighted by Gasteiger charge is -2.37. The van der Waals surface area contributed by atoms with Gasteiger partial charge >= 0.3 is 6.18 Å². The Morgan fingerprint density at radius 3 is 1.89 bits per heavy atom. The second-order valence-corrected chi connectivity index (χ2v) is 10.5. The van der Waals surface area contributed by atoms with Crippen LogP contribution in [0.2, 0.25) is 0 Å². The van der Waals surface area contributed by atoms with E-state index in [0.29, 0.717) is 12.3 Å². The normalized spacial score (nSPS) is 25.4. The van der Waals surface area contributed by atoms with Gasteiger partial charge in [-0.1, -0.05) is 39.0 Å². The highest BCUT2D eigenvalue weighted by molar-refractivity contribution is 5.38. The second kappa shape index (κ2) is 11.3. The summed E-state index contributed by atoms with van der Waals surface area (Å²) < 4.78 is 73.2. The molecule has 0 N–H and O–H groups in total. The topological polar surface area (TPSA) is 9.23 Å². The Labute approximate surface area is 205 Å². The molecule has 35 heavy (non-hydrogen) atoms. The van der Waals surface area contributed by atoms with Crippen molar-refractivity contribution in [3.63, 3.8) is 0 Å². The fourth-order valence-corrected chi connectivity index (χ4v) is 6.09. The van der Waals surface area contributed by atoms with E-state index < -0.39 is 23.4 Å². The van der Waals surface area contributed by atoms with Crippen molar-refractivity contribution in [1.29, 1.82) is 0 Å². The van der Waals surface area contributed by atoms with Crippen LogP contribution in [-0.4, -0.2) is 0 Å². The first-order valence-electron chi connectivity index (χ1n) is 13.1. The summed E-state index contributed by atoms with van der Waals surface area (Å²) in [4.78, 5) is 0. The van der Waals surface area contributed by atoms with Crippen molar-refractivity contribution in [2.75, 3.05) is 0 Å². The van der Waals surface area contributed by atoms with Crippen LogP contribution < -0.4 is 4.74 Å². The molecule has 0 aliphatic heterocycles. The van der Waals surface area contributed by atoms with E-state index in [0.717, 1.165) is 61.3 Å². The summed E-state index contributed by atoms with van der Waals surface area (Å²) in [5.74, 6) is 1.55. The number of hydrogen-bond acceptors (Lipinski definition) is 1. The van der Waals surface area contributed by atoms with E-state index >= 15 is 4.39 Å². The van der Waals surface area contributed by atoms with Crippen LogP contribution in [-0.2, 0) is 12.6 Å². The monoisotopic (exact) mass is 494 g/mol. The Kier molecular flexibility index (Phi) is 8.38. The molecule has 192 valence electrons. The van der Waals surface area contributed by atoms with Gasteiger partial charge < -0.3 is 4.74 Å². The van der Waals surface area contributed by atoms with Crippen LogP contribution in [0.4, 0.5) is 22.0 Å². The molecule has 2 saturated carbocycles. The lowest BCUT2D eigenvalue weighted by molar-refractivity contribution is -0.137. The molecule has 0 spiro atoms. The Hall–Kier alpha value is -2.11. The van der Waals surface area contributed by atoms with Crippen LogP contribution in [0.15, 0.2) is 36.4 Å². The zero-order chi connectivity index (χ0) is 25.0. The van der Waals surface area contributed by atoms with Crippen molar-refractivity contribution in [3.05, 3.63) is 59.2 Å². The van der Waals surface area contributed by atoms with Gasteiger partial charge in [0.1, 0.15) is 11.6 Å². The minimum Gasteiger partial charge on any atom is -0.454 e. The number of alkyl halides is 3. The van der Waals surface area contributed by atoms with E-state index in [1.54, 1.807) is 0 Å². The molecule has 0 aromatic heterocycles. The van der Waals surface area contributed by atoms with Gasteiger partial charge in [-0.25, -0.2) is 8.78 Å². The zero-order valence-electron chi connectivity index (χ0n) is 20.3. The van der Waals surface area contributed by atoms with Crippen LogP contribution in [0.3, 0.4) is 0 Å². The number of halogens is 5. The molecule has 2 aliphatic carbocycles. The molecule has 0 atom stereocenters. The van der Waals surface area contributed by atoms with Crippen LogP contribution in [0.5, 0.6) is 11.5 Å². The largest absolute Gasteiger partial charge is 0.454 e. The number of hydrogen-bond donors (Lipinski definition) is 0. The molecule has 4 rings (SSSR count). The van der Waals surface area contributed by atoms with E-state index in [2.05, 4.69) is 6.92 Å². The third-order valence-electron chi connectivity index (χ3n) is 8.39. The quantitative estimate of drug-likeness (QED) is 0.348. The first kappa shape index (κ1) is 26.0. The molecular formula is C29H35F5O. The van der Waals surface area contributed by atoms with Gasteiger partial charge in [-0.15, -0.1) is 0 Å². The molecule has 2 aliphatic rings. The lowest BCUT2D eigenvalue weighted by Crippen LogP contribution is -2.26. The van der Waals surface area contributed by atoms with E-state index in [1.165, 1.54) is 57.1 Å². The number of rotatable bonds is 7. The van der Waals surface area contributed by atoms with Crippen LogP contribution in [0, 0.1) is 35.3 Å². The summed E-state index contributed by atoms with van der Waals surface area (Å²) in [6.45, 7) is 2.29. The molecule has 0 bridgehead atoms. The van der Waals surface area contributed by atoms with Gasteiger partial charge in [0.25, 0.3) is 0 Å². The minimum absolute atomic E-state index is 0.00516. The molecule has 0 saturated heterocycles. The molecular weight excluding hydrogens is 459 g/mol. The van der Waals surface area contributed by atoms with Gasteiger partial charge in [-0.05, 0) is 98.6 Å². The van der Waals surface area contributed by atoms with Gasteiger partial charge in [-0.2, -0.15) is 13.2 Å². The van der Waals surface area contributed by atoms with Crippen LogP contribution in [0.25, 0.3) is 0 Å². The summed E-state index contributed by atoms with van der Waals surface area (Å²) in [5.41, 5.74) is -0.817. The highest BCUT2D eigenvalue weighted by atomic mass is 19.4. The fraction of sp³-hybridized carbons (Fsp3) is 0.586. The molecule has 0 unspecified atom stereocenters. The highest BCUT2D eigenvalue weighted by Gasteiger charge is 2.31. The predicted molar refractivity (Wildman–Crippen MR) is 127 cm³/mol. The summed E-state index contributed by atoms with van der Waals surface area (Å²) in [6, 6.07) is 6.38. The van der Waals surface area contributed by atoms with Crippen molar-refractivity contribution in [2.24, 2.45) is 23.7 Å². The van der Waals surface area contributed by atoms with Gasteiger partial charge in [0, 0.05) is 5.56 Å². The van der Waals surface area contributed by atoms with Gasteiger partial charge in [0.2, 0.25) is 0 Å². The van der Waals surface area contributed by atoms with Gasteiger partial charge in [0.15, 0.2) is 11.6 Å². The van der Waals surface area contributed by atoms with Crippen molar-refractivity contribution < 1.29 is 26.7 Å². The molecule has 0 heterocycles. The van der Waals surface area contributed by atoms with Crippen molar-refractivity contribution in [2.45, 2.75) is 83.7 Å². The van der Waals surface area contributed by atoms with Gasteiger partial charge in [0.05, 0.1) is 5.56 Å². The molecule has 2 fully saturated rings. The fourth-order valence-electron chi connectivity index (χ4n) is 6.09. The molecule has 1 nitrogen and oxygen atoms in total. The maximum Gasteiger partial charge on any atom is 0.416 e. The van der Waals surface area contributed by atoms with Crippen LogP contribution in [0.1, 0.15) is 82.3 Å². The molecule has 2 aromatic carbocycles. The van der Waals surface area contributed by atoms with E-state index in [-0.39, 0.29) is 17.1 Å². The van der Waals surface area contributed by atoms with Crippen molar-refractivity contribution in [1.82, 2.24) is 0 Å². The molecule has 6 heteroatoms. The van der Waals surface area contributed by atoms with Crippen LogP contribution >= 0.6 is 0 Å². The molecule has 0 radical (unpaired) electrons. The maximum absolute atomic E-state index is 15.1. The zero-order valence-corrected chi connectivity index (χ0v) is 20.3.